The molecule has 0 radical (unpaired) electrons. The van der Waals surface area contributed by atoms with Crippen molar-refractivity contribution in [1.29, 1.82) is 0 Å². The van der Waals surface area contributed by atoms with E-state index < -0.39 is 15.9 Å². The lowest BCUT2D eigenvalue weighted by atomic mass is 9.98. The second-order valence-corrected chi connectivity index (χ2v) is 10.5. The summed E-state index contributed by atoms with van der Waals surface area (Å²) in [5.41, 5.74) is 1.17. The Morgan fingerprint density at radius 2 is 1.97 bits per heavy atom. The Kier molecular flexibility index (Phi) is 6.00. The van der Waals surface area contributed by atoms with E-state index in [4.69, 9.17) is 25.8 Å². The maximum absolute atomic E-state index is 13.4. The molecule has 2 aromatic rings. The predicted molar refractivity (Wildman–Crippen MR) is 121 cm³/mol. The van der Waals surface area contributed by atoms with Crippen molar-refractivity contribution in [2.75, 3.05) is 31.8 Å². The van der Waals surface area contributed by atoms with Gasteiger partial charge >= 0.3 is 0 Å². The zero-order valence-electron chi connectivity index (χ0n) is 18.0. The van der Waals surface area contributed by atoms with E-state index in [1.54, 1.807) is 6.07 Å². The summed E-state index contributed by atoms with van der Waals surface area (Å²) in [5, 5.41) is 5.45. The first-order valence-electron chi connectivity index (χ1n) is 10.7. The summed E-state index contributed by atoms with van der Waals surface area (Å²) in [5.74, 6) is 0.469. The molecule has 2 amide bonds. The number of carbonyl (C=O) groups is 2. The summed E-state index contributed by atoms with van der Waals surface area (Å²) in [6.07, 6.45) is 1.11. The van der Waals surface area contributed by atoms with E-state index >= 15 is 0 Å². The monoisotopic (exact) mass is 507 g/mol. The Labute approximate surface area is 201 Å². The molecule has 3 heterocycles. The van der Waals surface area contributed by atoms with Crippen LogP contribution < -0.4 is 24.8 Å². The molecule has 0 unspecified atom stereocenters. The number of anilines is 1. The first kappa shape index (κ1) is 22.8. The van der Waals surface area contributed by atoms with Gasteiger partial charge in [-0.3, -0.25) is 9.59 Å². The van der Waals surface area contributed by atoms with Gasteiger partial charge in [0.05, 0.1) is 16.6 Å². The van der Waals surface area contributed by atoms with Crippen molar-refractivity contribution < 1.29 is 32.2 Å². The molecule has 180 valence electrons. The maximum atomic E-state index is 13.4. The summed E-state index contributed by atoms with van der Waals surface area (Å²) < 4.78 is 44.0. The van der Waals surface area contributed by atoms with Gasteiger partial charge in [0.1, 0.15) is 10.6 Å². The Bertz CT molecular complexity index is 1270. The van der Waals surface area contributed by atoms with Crippen LogP contribution in [0.3, 0.4) is 0 Å². The number of hydrogen-bond donors (Lipinski definition) is 2. The van der Waals surface area contributed by atoms with Gasteiger partial charge in [-0.05, 0) is 36.6 Å². The largest absolute Gasteiger partial charge is 0.482 e. The predicted octanol–water partition coefficient (Wildman–Crippen LogP) is 2.12. The molecule has 0 saturated carbocycles. The summed E-state index contributed by atoms with van der Waals surface area (Å²) in [6, 6.07) is 8.11. The van der Waals surface area contributed by atoms with Crippen LogP contribution in [0.4, 0.5) is 5.69 Å². The fraction of sp³-hybridized carbons (Fsp3) is 0.364. The van der Waals surface area contributed by atoms with E-state index in [0.717, 1.165) is 5.56 Å². The molecule has 1 fully saturated rings. The number of benzene rings is 2. The Balaban J connectivity index is 1.27. The van der Waals surface area contributed by atoms with Crippen LogP contribution in [0.15, 0.2) is 35.2 Å². The third-order valence-corrected chi connectivity index (χ3v) is 8.27. The minimum Gasteiger partial charge on any atom is -0.482 e. The lowest BCUT2D eigenvalue weighted by Crippen LogP contribution is -2.45. The van der Waals surface area contributed by atoms with Gasteiger partial charge in [0.15, 0.2) is 18.1 Å². The van der Waals surface area contributed by atoms with E-state index in [9.17, 15) is 18.0 Å². The zero-order chi connectivity index (χ0) is 23.9. The quantitative estimate of drug-likeness (QED) is 0.635. The molecule has 12 heteroatoms. The average Bonchev–Trinajstić information content (AvgIpc) is 3.30. The molecule has 3 aliphatic rings. The highest BCUT2D eigenvalue weighted by Crippen LogP contribution is 2.37. The van der Waals surface area contributed by atoms with Crippen molar-refractivity contribution in [3.05, 3.63) is 40.9 Å². The van der Waals surface area contributed by atoms with E-state index in [1.165, 1.54) is 16.4 Å². The molecule has 2 aromatic carbocycles. The fourth-order valence-corrected chi connectivity index (χ4v) is 6.22. The number of carbonyl (C=O) groups excluding carboxylic acids is 2. The molecule has 0 spiro atoms. The third kappa shape index (κ3) is 4.38. The molecule has 0 aliphatic carbocycles. The number of ether oxygens (including phenoxy) is 3. The van der Waals surface area contributed by atoms with Crippen LogP contribution in [0.2, 0.25) is 5.02 Å². The number of piperidine rings is 1. The molecule has 1 atom stereocenters. The molecule has 34 heavy (non-hydrogen) atoms. The van der Waals surface area contributed by atoms with Gasteiger partial charge in [-0.2, -0.15) is 4.31 Å². The van der Waals surface area contributed by atoms with Crippen molar-refractivity contribution in [3.63, 3.8) is 0 Å². The van der Waals surface area contributed by atoms with Crippen LogP contribution in [-0.2, 0) is 26.2 Å². The number of hydrogen-bond acceptors (Lipinski definition) is 7. The Morgan fingerprint density at radius 3 is 2.82 bits per heavy atom. The number of amides is 2. The molecular formula is C22H22ClN3O7S. The lowest BCUT2D eigenvalue weighted by molar-refractivity contribution is -0.126. The van der Waals surface area contributed by atoms with Crippen LogP contribution in [0.25, 0.3) is 0 Å². The van der Waals surface area contributed by atoms with Crippen molar-refractivity contribution in [1.82, 2.24) is 9.62 Å². The van der Waals surface area contributed by atoms with Gasteiger partial charge in [-0.1, -0.05) is 17.7 Å². The number of rotatable bonds is 5. The Morgan fingerprint density at radius 1 is 1.15 bits per heavy atom. The van der Waals surface area contributed by atoms with Crippen molar-refractivity contribution in [2.45, 2.75) is 24.3 Å². The lowest BCUT2D eigenvalue weighted by Gasteiger charge is -2.31. The average molecular weight is 508 g/mol. The molecule has 0 aromatic heterocycles. The fourth-order valence-electron chi connectivity index (χ4n) is 4.18. The van der Waals surface area contributed by atoms with Crippen LogP contribution in [0.1, 0.15) is 18.4 Å². The SMILES string of the molecule is O=C1COc2cc(S(=O)(=O)N3CCC[C@@H](C(=O)NCc4ccc5c(c4)OCO5)C3)c(Cl)cc2N1. The first-order valence-corrected chi connectivity index (χ1v) is 12.6. The first-order chi connectivity index (χ1) is 16.3. The van der Waals surface area contributed by atoms with Gasteiger partial charge in [-0.25, -0.2) is 8.42 Å². The summed E-state index contributed by atoms with van der Waals surface area (Å²) >= 11 is 6.26. The molecule has 5 rings (SSSR count). The molecule has 3 aliphatic heterocycles. The van der Waals surface area contributed by atoms with Crippen molar-refractivity contribution >= 4 is 39.1 Å². The number of nitrogens with one attached hydrogen (secondary N) is 2. The smallest absolute Gasteiger partial charge is 0.262 e. The Hall–Kier alpha value is -3.02. The standard InChI is InChI=1S/C22H22ClN3O7S/c23-15-7-16-18(31-11-21(27)25-16)8-20(15)34(29,30)26-5-1-2-14(10-26)22(28)24-9-13-3-4-17-19(6-13)33-12-32-17/h3-4,6-8,14H,1-2,5,9-12H2,(H,24,28)(H,25,27)/t14-/m1/s1. The summed E-state index contributed by atoms with van der Waals surface area (Å²) in [4.78, 5) is 24.2. The number of nitrogens with zero attached hydrogens (tertiary/aromatic N) is 1. The summed E-state index contributed by atoms with van der Waals surface area (Å²) in [7, 11) is -3.98. The van der Waals surface area contributed by atoms with Crippen LogP contribution in [0.5, 0.6) is 17.2 Å². The van der Waals surface area contributed by atoms with Gasteiger partial charge in [0.25, 0.3) is 5.91 Å². The molecule has 0 bridgehead atoms. The highest BCUT2D eigenvalue weighted by Gasteiger charge is 2.35. The van der Waals surface area contributed by atoms with Crippen LogP contribution >= 0.6 is 11.6 Å². The molecule has 2 N–H and O–H groups in total. The van der Waals surface area contributed by atoms with E-state index in [0.29, 0.717) is 36.6 Å². The molecular weight excluding hydrogens is 486 g/mol. The van der Waals surface area contributed by atoms with Gasteiger partial charge in [-0.15, -0.1) is 0 Å². The molecule has 10 nitrogen and oxygen atoms in total. The zero-order valence-corrected chi connectivity index (χ0v) is 19.6. The second-order valence-electron chi connectivity index (χ2n) is 8.22. The second kappa shape index (κ2) is 8.97. The van der Waals surface area contributed by atoms with Crippen LogP contribution in [0, 0.1) is 5.92 Å². The van der Waals surface area contributed by atoms with Gasteiger partial charge in [0, 0.05) is 25.7 Å². The van der Waals surface area contributed by atoms with Crippen molar-refractivity contribution in [3.8, 4) is 17.2 Å². The summed E-state index contributed by atoms with van der Waals surface area (Å²) in [6.45, 7) is 0.577. The minimum atomic E-state index is -3.98. The van der Waals surface area contributed by atoms with E-state index in [2.05, 4.69) is 10.6 Å². The van der Waals surface area contributed by atoms with E-state index in [1.807, 2.05) is 12.1 Å². The molecule has 1 saturated heterocycles. The van der Waals surface area contributed by atoms with Crippen molar-refractivity contribution in [2.24, 2.45) is 5.92 Å². The number of fused-ring (bicyclic) bond motifs is 2. The normalized spacial score (nSPS) is 19.7. The topological polar surface area (TPSA) is 123 Å². The maximum Gasteiger partial charge on any atom is 0.262 e. The minimum absolute atomic E-state index is 0.0288. The number of halogens is 1. The number of sulfonamides is 1. The van der Waals surface area contributed by atoms with Crippen LogP contribution in [-0.4, -0.2) is 51.0 Å². The third-order valence-electron chi connectivity index (χ3n) is 5.94. The van der Waals surface area contributed by atoms with E-state index in [-0.39, 0.29) is 54.0 Å². The highest BCUT2D eigenvalue weighted by atomic mass is 35.5. The van der Waals surface area contributed by atoms with Gasteiger partial charge < -0.3 is 24.8 Å². The highest BCUT2D eigenvalue weighted by molar-refractivity contribution is 7.89. The van der Waals surface area contributed by atoms with Gasteiger partial charge in [0.2, 0.25) is 22.7 Å².